The number of hydrogen-bond donors (Lipinski definition) is 1. The number of rotatable bonds is 5. The molecule has 0 radical (unpaired) electrons. The molecule has 0 saturated carbocycles. The molecular formula is C20H18N2O2. The molecule has 0 bridgehead atoms. The van der Waals surface area contributed by atoms with Crippen LogP contribution in [0.3, 0.4) is 0 Å². The summed E-state index contributed by atoms with van der Waals surface area (Å²) >= 11 is 0. The topological polar surface area (TPSA) is 50.7 Å². The molecule has 0 aliphatic heterocycles. The van der Waals surface area contributed by atoms with Gasteiger partial charge < -0.3 is 4.74 Å². The molecular weight excluding hydrogens is 300 g/mol. The van der Waals surface area contributed by atoms with E-state index in [1.807, 2.05) is 42.5 Å². The molecule has 4 heteroatoms. The van der Waals surface area contributed by atoms with Gasteiger partial charge in [0.1, 0.15) is 12.4 Å². The second-order valence-corrected chi connectivity index (χ2v) is 5.39. The number of carbonyl (C=O) groups excluding carboxylic acids is 1. The second kappa shape index (κ2) is 7.42. The summed E-state index contributed by atoms with van der Waals surface area (Å²) in [7, 11) is 0. The lowest BCUT2D eigenvalue weighted by Gasteiger charge is -2.11. The lowest BCUT2D eigenvalue weighted by molar-refractivity contribution is -0.118. The van der Waals surface area contributed by atoms with E-state index in [0.29, 0.717) is 6.61 Å². The Hall–Kier alpha value is -3.14. The minimum absolute atomic E-state index is 0.208. The number of amides is 1. The van der Waals surface area contributed by atoms with Gasteiger partial charge in [-0.2, -0.15) is 5.10 Å². The Labute approximate surface area is 140 Å². The molecule has 0 aliphatic carbocycles. The normalized spacial score (nSPS) is 10.9. The fourth-order valence-corrected chi connectivity index (χ4v) is 2.49. The zero-order valence-corrected chi connectivity index (χ0v) is 13.4. The molecule has 0 fully saturated rings. The predicted molar refractivity (Wildman–Crippen MR) is 96.1 cm³/mol. The molecule has 0 aromatic heterocycles. The largest absolute Gasteiger partial charge is 0.488 e. The van der Waals surface area contributed by atoms with Gasteiger partial charge in [0, 0.05) is 12.5 Å². The van der Waals surface area contributed by atoms with Gasteiger partial charge in [0.2, 0.25) is 5.91 Å². The maximum Gasteiger partial charge on any atom is 0.236 e. The SMILES string of the molecule is CC(=O)NN=Cc1ccccc1OCc1cccc2ccccc12. The number of benzene rings is 3. The van der Waals surface area contributed by atoms with Crippen LogP contribution in [-0.4, -0.2) is 12.1 Å². The van der Waals surface area contributed by atoms with Gasteiger partial charge in [0.25, 0.3) is 0 Å². The lowest BCUT2D eigenvalue weighted by Crippen LogP contribution is -2.12. The molecule has 0 aliphatic rings. The number of nitrogens with zero attached hydrogens (tertiary/aromatic N) is 1. The van der Waals surface area contributed by atoms with E-state index in [9.17, 15) is 4.79 Å². The summed E-state index contributed by atoms with van der Waals surface area (Å²) in [6.45, 7) is 1.88. The molecule has 1 amide bonds. The van der Waals surface area contributed by atoms with Gasteiger partial charge in [-0.3, -0.25) is 4.79 Å². The van der Waals surface area contributed by atoms with Crippen LogP contribution in [-0.2, 0) is 11.4 Å². The molecule has 24 heavy (non-hydrogen) atoms. The highest BCUT2D eigenvalue weighted by molar-refractivity contribution is 5.86. The van der Waals surface area contributed by atoms with Crippen LogP contribution >= 0.6 is 0 Å². The van der Waals surface area contributed by atoms with Crippen molar-refractivity contribution >= 4 is 22.9 Å². The van der Waals surface area contributed by atoms with E-state index in [1.54, 1.807) is 6.21 Å². The molecule has 3 rings (SSSR count). The number of fused-ring (bicyclic) bond motifs is 1. The molecule has 0 atom stereocenters. The van der Waals surface area contributed by atoms with E-state index in [1.165, 1.54) is 17.7 Å². The van der Waals surface area contributed by atoms with E-state index in [2.05, 4.69) is 34.8 Å². The molecule has 0 unspecified atom stereocenters. The van der Waals surface area contributed by atoms with Crippen LogP contribution in [0.15, 0.2) is 71.8 Å². The highest BCUT2D eigenvalue weighted by Gasteiger charge is 2.04. The third-order valence-corrected chi connectivity index (χ3v) is 3.61. The lowest BCUT2D eigenvalue weighted by atomic mass is 10.1. The van der Waals surface area contributed by atoms with Crippen LogP contribution in [0.5, 0.6) is 5.75 Å². The smallest absolute Gasteiger partial charge is 0.236 e. The van der Waals surface area contributed by atoms with Crippen molar-refractivity contribution in [2.75, 3.05) is 0 Å². The molecule has 120 valence electrons. The maximum atomic E-state index is 10.9. The van der Waals surface area contributed by atoms with Gasteiger partial charge in [-0.25, -0.2) is 5.43 Å². The predicted octanol–water partition coefficient (Wildman–Crippen LogP) is 3.89. The summed E-state index contributed by atoms with van der Waals surface area (Å²) in [5.41, 5.74) is 4.33. The summed E-state index contributed by atoms with van der Waals surface area (Å²) in [6.07, 6.45) is 1.58. The van der Waals surface area contributed by atoms with E-state index in [-0.39, 0.29) is 5.91 Å². The zero-order valence-electron chi connectivity index (χ0n) is 13.4. The van der Waals surface area contributed by atoms with Crippen molar-refractivity contribution in [1.29, 1.82) is 0 Å². The maximum absolute atomic E-state index is 10.9. The quantitative estimate of drug-likeness (QED) is 0.573. The van der Waals surface area contributed by atoms with Crippen molar-refractivity contribution in [2.45, 2.75) is 13.5 Å². The molecule has 0 heterocycles. The average Bonchev–Trinajstić information content (AvgIpc) is 2.60. The fourth-order valence-electron chi connectivity index (χ4n) is 2.49. The Morgan fingerprint density at radius 3 is 2.67 bits per heavy atom. The van der Waals surface area contributed by atoms with Gasteiger partial charge >= 0.3 is 0 Å². The Balaban J connectivity index is 1.79. The van der Waals surface area contributed by atoms with E-state index < -0.39 is 0 Å². The molecule has 3 aromatic rings. The molecule has 3 aromatic carbocycles. The summed E-state index contributed by atoms with van der Waals surface area (Å²) < 4.78 is 5.98. The Morgan fingerprint density at radius 1 is 1.04 bits per heavy atom. The summed E-state index contributed by atoms with van der Waals surface area (Å²) in [4.78, 5) is 10.9. The van der Waals surface area contributed by atoms with Crippen LogP contribution in [0.1, 0.15) is 18.1 Å². The summed E-state index contributed by atoms with van der Waals surface area (Å²) in [5.74, 6) is 0.514. The van der Waals surface area contributed by atoms with Gasteiger partial charge in [0.05, 0.1) is 6.21 Å². The summed E-state index contributed by atoms with van der Waals surface area (Å²) in [5, 5.41) is 6.28. The summed E-state index contributed by atoms with van der Waals surface area (Å²) in [6, 6.07) is 22.0. The first-order valence-electron chi connectivity index (χ1n) is 7.72. The van der Waals surface area contributed by atoms with Crippen molar-refractivity contribution in [1.82, 2.24) is 5.43 Å². The molecule has 0 saturated heterocycles. The standard InChI is InChI=1S/C20H18N2O2/c1-15(23)22-21-13-17-8-3-5-12-20(17)24-14-18-10-6-9-16-7-2-4-11-19(16)18/h2-13H,14H2,1H3,(H,22,23). The van der Waals surface area contributed by atoms with Gasteiger partial charge in [-0.1, -0.05) is 54.6 Å². The number of hydrazone groups is 1. The third-order valence-electron chi connectivity index (χ3n) is 3.61. The first-order chi connectivity index (χ1) is 11.7. The highest BCUT2D eigenvalue weighted by Crippen LogP contribution is 2.22. The van der Waals surface area contributed by atoms with E-state index >= 15 is 0 Å². The van der Waals surface area contributed by atoms with Crippen LogP contribution in [0.25, 0.3) is 10.8 Å². The van der Waals surface area contributed by atoms with Gasteiger partial charge in [-0.15, -0.1) is 0 Å². The van der Waals surface area contributed by atoms with Crippen LogP contribution < -0.4 is 10.2 Å². The first kappa shape index (κ1) is 15.7. The van der Waals surface area contributed by atoms with Crippen molar-refractivity contribution in [2.24, 2.45) is 5.10 Å². The van der Waals surface area contributed by atoms with Gasteiger partial charge in [-0.05, 0) is 28.5 Å². The van der Waals surface area contributed by atoms with E-state index in [4.69, 9.17) is 4.74 Å². The van der Waals surface area contributed by atoms with Crippen molar-refractivity contribution in [3.63, 3.8) is 0 Å². The Bertz CT molecular complexity index is 882. The van der Waals surface area contributed by atoms with Gasteiger partial charge in [0.15, 0.2) is 0 Å². The van der Waals surface area contributed by atoms with E-state index in [0.717, 1.165) is 16.9 Å². The highest BCUT2D eigenvalue weighted by atomic mass is 16.5. The van der Waals surface area contributed by atoms with Crippen molar-refractivity contribution in [3.8, 4) is 5.75 Å². The third kappa shape index (κ3) is 3.79. The second-order valence-electron chi connectivity index (χ2n) is 5.39. The van der Waals surface area contributed by atoms with Crippen LogP contribution in [0.2, 0.25) is 0 Å². The monoisotopic (exact) mass is 318 g/mol. The van der Waals surface area contributed by atoms with Crippen molar-refractivity contribution < 1.29 is 9.53 Å². The molecule has 1 N–H and O–H groups in total. The number of ether oxygens (including phenoxy) is 1. The average molecular weight is 318 g/mol. The minimum Gasteiger partial charge on any atom is -0.488 e. The van der Waals surface area contributed by atoms with Crippen molar-refractivity contribution in [3.05, 3.63) is 77.9 Å². The first-order valence-corrected chi connectivity index (χ1v) is 7.72. The number of hydrogen-bond acceptors (Lipinski definition) is 3. The fraction of sp³-hybridized carbons (Fsp3) is 0.100. The Morgan fingerprint density at radius 2 is 1.79 bits per heavy atom. The Kier molecular flexibility index (Phi) is 4.87. The van der Waals surface area contributed by atoms with Crippen LogP contribution in [0, 0.1) is 0 Å². The number of nitrogens with one attached hydrogen (secondary N) is 1. The molecule has 0 spiro atoms. The molecule has 4 nitrogen and oxygen atoms in total. The number of para-hydroxylation sites is 1. The zero-order chi connectivity index (χ0) is 16.8. The van der Waals surface area contributed by atoms with Crippen LogP contribution in [0.4, 0.5) is 0 Å². The number of carbonyl (C=O) groups is 1. The minimum atomic E-state index is -0.208.